The van der Waals surface area contributed by atoms with Crippen LogP contribution in [0.4, 0.5) is 5.69 Å². The molecule has 0 aromatic heterocycles. The summed E-state index contributed by atoms with van der Waals surface area (Å²) < 4.78 is 0.762. The molecule has 0 radical (unpaired) electrons. The number of carbonyl (C=O) groups excluding carboxylic acids is 1. The summed E-state index contributed by atoms with van der Waals surface area (Å²) in [7, 11) is 0. The normalized spacial score (nSPS) is 19.6. The second kappa shape index (κ2) is 6.39. The summed E-state index contributed by atoms with van der Waals surface area (Å²) in [4.78, 5) is 14.4. The second-order valence-corrected chi connectivity index (χ2v) is 5.85. The molecular formula is C14H20BrN3O. The molecule has 0 spiro atoms. The fraction of sp³-hybridized carbons (Fsp3) is 0.500. The van der Waals surface area contributed by atoms with Crippen LogP contribution in [0.5, 0.6) is 0 Å². The van der Waals surface area contributed by atoms with Gasteiger partial charge in [-0.25, -0.2) is 0 Å². The van der Waals surface area contributed by atoms with E-state index in [1.54, 1.807) is 18.2 Å². The number of amides is 1. The van der Waals surface area contributed by atoms with E-state index in [1.165, 1.54) is 6.42 Å². The van der Waals surface area contributed by atoms with Gasteiger partial charge in [0.2, 0.25) is 0 Å². The molecule has 4 nitrogen and oxygen atoms in total. The van der Waals surface area contributed by atoms with Crippen LogP contribution in [0.3, 0.4) is 0 Å². The molecule has 1 atom stereocenters. The van der Waals surface area contributed by atoms with Crippen molar-refractivity contribution in [2.45, 2.75) is 13.3 Å². The van der Waals surface area contributed by atoms with Gasteiger partial charge in [0.25, 0.3) is 5.91 Å². The van der Waals surface area contributed by atoms with Crippen LogP contribution in [0.1, 0.15) is 23.7 Å². The maximum absolute atomic E-state index is 12.0. The van der Waals surface area contributed by atoms with Crippen LogP contribution < -0.4 is 11.1 Å². The number of hydrogen-bond donors (Lipinski definition) is 2. The van der Waals surface area contributed by atoms with Crippen molar-refractivity contribution in [1.29, 1.82) is 0 Å². The summed E-state index contributed by atoms with van der Waals surface area (Å²) in [6.07, 6.45) is 1.17. The van der Waals surface area contributed by atoms with Crippen molar-refractivity contribution in [2.24, 2.45) is 5.92 Å². The lowest BCUT2D eigenvalue weighted by atomic mass is 10.1. The summed E-state index contributed by atoms with van der Waals surface area (Å²) in [5.74, 6) is 0.539. The number of likely N-dealkylation sites (tertiary alicyclic amines) is 1. The molecule has 3 N–H and O–H groups in total. The number of rotatable bonds is 4. The van der Waals surface area contributed by atoms with E-state index in [0.29, 0.717) is 17.2 Å². The molecule has 19 heavy (non-hydrogen) atoms. The molecule has 2 rings (SSSR count). The molecule has 1 fully saturated rings. The molecule has 1 aromatic rings. The number of nitrogen functional groups attached to an aromatic ring is 1. The molecule has 104 valence electrons. The summed E-state index contributed by atoms with van der Waals surface area (Å²) in [5, 5.41) is 3.00. The Morgan fingerprint density at radius 2 is 2.37 bits per heavy atom. The zero-order valence-electron chi connectivity index (χ0n) is 11.2. The van der Waals surface area contributed by atoms with Crippen LogP contribution in [-0.4, -0.2) is 37.0 Å². The molecule has 1 heterocycles. The number of carbonyl (C=O) groups is 1. The predicted molar refractivity (Wildman–Crippen MR) is 81.1 cm³/mol. The highest BCUT2D eigenvalue weighted by atomic mass is 79.9. The van der Waals surface area contributed by atoms with Crippen molar-refractivity contribution in [3.05, 3.63) is 28.2 Å². The Bertz CT molecular complexity index is 464. The Hall–Kier alpha value is -1.07. The van der Waals surface area contributed by atoms with E-state index in [9.17, 15) is 4.79 Å². The van der Waals surface area contributed by atoms with Crippen molar-refractivity contribution in [3.63, 3.8) is 0 Å². The van der Waals surface area contributed by atoms with Crippen molar-refractivity contribution in [2.75, 3.05) is 31.9 Å². The first kappa shape index (κ1) is 14.3. The van der Waals surface area contributed by atoms with Gasteiger partial charge in [0, 0.05) is 28.8 Å². The van der Waals surface area contributed by atoms with E-state index in [0.717, 1.165) is 30.7 Å². The fourth-order valence-electron chi connectivity index (χ4n) is 2.37. The highest BCUT2D eigenvalue weighted by Crippen LogP contribution is 2.20. The molecule has 0 saturated carbocycles. The highest BCUT2D eigenvalue weighted by molar-refractivity contribution is 9.10. The molecule has 1 amide bonds. The standard InChI is InChI=1S/C14H20BrN3O/c1-2-18-6-5-10(9-18)8-17-14(19)11-3-4-13(16)12(15)7-11/h3-4,7,10H,2,5-6,8-9,16H2,1H3,(H,17,19). The second-order valence-electron chi connectivity index (χ2n) is 4.99. The fourth-order valence-corrected chi connectivity index (χ4v) is 2.75. The van der Waals surface area contributed by atoms with Crippen molar-refractivity contribution in [1.82, 2.24) is 10.2 Å². The van der Waals surface area contributed by atoms with Gasteiger partial charge < -0.3 is 16.0 Å². The van der Waals surface area contributed by atoms with E-state index < -0.39 is 0 Å². The summed E-state index contributed by atoms with van der Waals surface area (Å²) in [5.41, 5.74) is 7.00. The molecule has 0 aliphatic carbocycles. The van der Waals surface area contributed by atoms with Crippen LogP contribution >= 0.6 is 15.9 Å². The van der Waals surface area contributed by atoms with Gasteiger partial charge in [-0.15, -0.1) is 0 Å². The first-order chi connectivity index (χ1) is 9.10. The van der Waals surface area contributed by atoms with Crippen LogP contribution in [-0.2, 0) is 0 Å². The minimum atomic E-state index is -0.0318. The lowest BCUT2D eigenvalue weighted by Gasteiger charge is -2.14. The molecule has 1 unspecified atom stereocenters. The van der Waals surface area contributed by atoms with Gasteiger partial charge in [-0.1, -0.05) is 6.92 Å². The molecule has 1 aliphatic rings. The number of nitrogens with one attached hydrogen (secondary N) is 1. The first-order valence-corrected chi connectivity index (χ1v) is 7.45. The Balaban J connectivity index is 1.86. The third kappa shape index (κ3) is 3.70. The SMILES string of the molecule is CCN1CCC(CNC(=O)c2ccc(N)c(Br)c2)C1. The Labute approximate surface area is 122 Å². The Morgan fingerprint density at radius 3 is 3.00 bits per heavy atom. The van der Waals surface area contributed by atoms with Crippen LogP contribution in [0, 0.1) is 5.92 Å². The number of hydrogen-bond acceptors (Lipinski definition) is 3. The van der Waals surface area contributed by atoms with Crippen LogP contribution in [0.2, 0.25) is 0 Å². The Kier molecular flexibility index (Phi) is 4.82. The highest BCUT2D eigenvalue weighted by Gasteiger charge is 2.21. The predicted octanol–water partition coefficient (Wildman–Crippen LogP) is 2.10. The maximum Gasteiger partial charge on any atom is 0.251 e. The van der Waals surface area contributed by atoms with Gasteiger partial charge in [-0.05, 0) is 59.6 Å². The van der Waals surface area contributed by atoms with Crippen LogP contribution in [0.25, 0.3) is 0 Å². The van der Waals surface area contributed by atoms with E-state index in [1.807, 2.05) is 0 Å². The van der Waals surface area contributed by atoms with Gasteiger partial charge in [-0.3, -0.25) is 4.79 Å². The number of benzene rings is 1. The van der Waals surface area contributed by atoms with E-state index in [-0.39, 0.29) is 5.91 Å². The van der Waals surface area contributed by atoms with E-state index in [2.05, 4.69) is 33.1 Å². The average Bonchev–Trinajstić information content (AvgIpc) is 2.87. The van der Waals surface area contributed by atoms with Crippen LogP contribution in [0.15, 0.2) is 22.7 Å². The third-order valence-corrected chi connectivity index (χ3v) is 4.32. The molecule has 1 aromatic carbocycles. The summed E-state index contributed by atoms with van der Waals surface area (Å²) in [6.45, 7) is 6.24. The van der Waals surface area contributed by atoms with Crippen molar-refractivity contribution in [3.8, 4) is 0 Å². The molecule has 1 aliphatic heterocycles. The lowest BCUT2D eigenvalue weighted by molar-refractivity contribution is 0.0947. The molecule has 1 saturated heterocycles. The zero-order chi connectivity index (χ0) is 13.8. The van der Waals surface area contributed by atoms with Gasteiger partial charge >= 0.3 is 0 Å². The minimum Gasteiger partial charge on any atom is -0.398 e. The van der Waals surface area contributed by atoms with Crippen molar-refractivity contribution < 1.29 is 4.79 Å². The number of anilines is 1. The molecule has 0 bridgehead atoms. The molecular weight excluding hydrogens is 306 g/mol. The maximum atomic E-state index is 12.0. The number of halogens is 1. The number of nitrogens with two attached hydrogens (primary N) is 1. The third-order valence-electron chi connectivity index (χ3n) is 3.63. The summed E-state index contributed by atoms with van der Waals surface area (Å²) in [6, 6.07) is 5.26. The first-order valence-electron chi connectivity index (χ1n) is 6.65. The van der Waals surface area contributed by atoms with Gasteiger partial charge in [0.1, 0.15) is 0 Å². The van der Waals surface area contributed by atoms with Gasteiger partial charge in [0.15, 0.2) is 0 Å². The van der Waals surface area contributed by atoms with Gasteiger partial charge in [-0.2, -0.15) is 0 Å². The van der Waals surface area contributed by atoms with Gasteiger partial charge in [0.05, 0.1) is 0 Å². The lowest BCUT2D eigenvalue weighted by Crippen LogP contribution is -2.31. The number of nitrogens with zero attached hydrogens (tertiary/aromatic N) is 1. The summed E-state index contributed by atoms with van der Waals surface area (Å²) >= 11 is 3.34. The average molecular weight is 326 g/mol. The van der Waals surface area contributed by atoms with Crippen molar-refractivity contribution >= 4 is 27.5 Å². The quantitative estimate of drug-likeness (QED) is 0.833. The van der Waals surface area contributed by atoms with E-state index >= 15 is 0 Å². The smallest absolute Gasteiger partial charge is 0.251 e. The topological polar surface area (TPSA) is 58.4 Å². The zero-order valence-corrected chi connectivity index (χ0v) is 12.7. The minimum absolute atomic E-state index is 0.0318. The monoisotopic (exact) mass is 325 g/mol. The largest absolute Gasteiger partial charge is 0.398 e. The molecule has 5 heteroatoms. The Morgan fingerprint density at radius 1 is 1.58 bits per heavy atom. The van der Waals surface area contributed by atoms with E-state index in [4.69, 9.17) is 5.73 Å².